The molecule has 2 aliphatic heterocycles. The number of halogens is 1. The maximum absolute atomic E-state index is 15.0. The third-order valence-electron chi connectivity index (χ3n) is 8.21. The molecule has 0 spiro atoms. The first kappa shape index (κ1) is 30.7. The van der Waals surface area contributed by atoms with Crippen molar-refractivity contribution in [3.05, 3.63) is 101 Å². The average molecular weight is 648 g/mol. The summed E-state index contributed by atoms with van der Waals surface area (Å²) >= 11 is 6.54. The zero-order valence-corrected chi connectivity index (χ0v) is 26.8. The molecule has 0 radical (unpaired) electrons. The van der Waals surface area contributed by atoms with E-state index < -0.39 is 21.5 Å². The fourth-order valence-electron chi connectivity index (χ4n) is 5.87. The summed E-state index contributed by atoms with van der Waals surface area (Å²) in [4.78, 5) is 23.9. The number of piperazine rings is 1. The van der Waals surface area contributed by atoms with Crippen LogP contribution in [0.25, 0.3) is 0 Å². The highest BCUT2D eigenvalue weighted by molar-refractivity contribution is 7.93. The van der Waals surface area contributed by atoms with E-state index in [4.69, 9.17) is 21.1 Å². The van der Waals surface area contributed by atoms with Gasteiger partial charge >= 0.3 is 0 Å². The summed E-state index contributed by atoms with van der Waals surface area (Å²) in [6.07, 6.45) is 1.57. The van der Waals surface area contributed by atoms with Gasteiger partial charge in [0.25, 0.3) is 15.9 Å². The van der Waals surface area contributed by atoms with Gasteiger partial charge in [-0.25, -0.2) is 13.4 Å². The second-order valence-electron chi connectivity index (χ2n) is 10.9. The third-order valence-corrected chi connectivity index (χ3v) is 10.2. The van der Waals surface area contributed by atoms with Crippen molar-refractivity contribution >= 4 is 44.6 Å². The van der Waals surface area contributed by atoms with Crippen molar-refractivity contribution in [1.82, 2.24) is 9.88 Å². The number of rotatable bonds is 9. The Kier molecular flexibility index (Phi) is 8.34. The number of aromatic nitrogens is 1. The van der Waals surface area contributed by atoms with E-state index in [1.807, 2.05) is 31.2 Å². The number of likely N-dealkylation sites (N-methyl/N-ethyl adjacent to an activating group) is 1. The SMILES string of the molecule is CCOc1ncccc1C1(Nc2ccc(N3CCN(C)CC3)cc2)C(=O)N(S(=O)(=O)c2ccc(OC)cc2)c2ccc(Cl)cc21. The van der Waals surface area contributed by atoms with Crippen LogP contribution in [0.15, 0.2) is 90.0 Å². The number of nitrogens with one attached hydrogen (secondary N) is 1. The minimum absolute atomic E-state index is 0.0684. The van der Waals surface area contributed by atoms with Gasteiger partial charge in [-0.3, -0.25) is 4.79 Å². The number of carbonyl (C=O) groups is 1. The summed E-state index contributed by atoms with van der Waals surface area (Å²) in [5.74, 6) is -0.0566. The lowest BCUT2D eigenvalue weighted by atomic mass is 9.83. The van der Waals surface area contributed by atoms with Crippen molar-refractivity contribution in [2.45, 2.75) is 17.4 Å². The number of benzene rings is 3. The Bertz CT molecular complexity index is 1810. The molecule has 1 N–H and O–H groups in total. The normalized spacial score (nSPS) is 18.5. The molecule has 12 heteroatoms. The maximum atomic E-state index is 15.0. The Labute approximate surface area is 268 Å². The molecule has 3 aromatic carbocycles. The van der Waals surface area contributed by atoms with E-state index in [1.165, 1.54) is 31.4 Å². The van der Waals surface area contributed by atoms with Crippen molar-refractivity contribution < 1.29 is 22.7 Å². The van der Waals surface area contributed by atoms with Crippen molar-refractivity contribution in [1.29, 1.82) is 0 Å². The van der Waals surface area contributed by atoms with Crippen LogP contribution in [-0.2, 0) is 20.4 Å². The van der Waals surface area contributed by atoms with Gasteiger partial charge in [0, 0.05) is 54.3 Å². The summed E-state index contributed by atoms with van der Waals surface area (Å²) in [5, 5.41) is 3.77. The molecule has 0 saturated carbocycles. The van der Waals surface area contributed by atoms with Crippen LogP contribution in [0, 0.1) is 0 Å². The fraction of sp³-hybridized carbons (Fsp3) is 0.273. The molecule has 4 aromatic rings. The highest BCUT2D eigenvalue weighted by atomic mass is 35.5. The summed E-state index contributed by atoms with van der Waals surface area (Å²) in [7, 11) is -0.782. The lowest BCUT2D eigenvalue weighted by molar-refractivity contribution is -0.120. The Balaban J connectivity index is 1.51. The first-order valence-electron chi connectivity index (χ1n) is 14.6. The summed E-state index contributed by atoms with van der Waals surface area (Å²) in [6.45, 7) is 5.84. The second-order valence-corrected chi connectivity index (χ2v) is 13.1. The van der Waals surface area contributed by atoms with E-state index >= 15 is 0 Å². The van der Waals surface area contributed by atoms with Crippen LogP contribution in [0.2, 0.25) is 5.02 Å². The van der Waals surface area contributed by atoms with Crippen molar-refractivity contribution in [3.63, 3.8) is 0 Å². The van der Waals surface area contributed by atoms with Crippen LogP contribution in [0.1, 0.15) is 18.1 Å². The Morgan fingerprint density at radius 2 is 1.67 bits per heavy atom. The van der Waals surface area contributed by atoms with E-state index in [0.29, 0.717) is 27.6 Å². The topological polar surface area (TPSA) is 104 Å². The maximum Gasteiger partial charge on any atom is 0.276 e. The molecule has 1 atom stereocenters. The van der Waals surface area contributed by atoms with Gasteiger partial charge in [0.1, 0.15) is 5.75 Å². The van der Waals surface area contributed by atoms with Crippen molar-refractivity contribution in [2.75, 3.05) is 61.5 Å². The van der Waals surface area contributed by atoms with Crippen LogP contribution in [0.3, 0.4) is 0 Å². The molecule has 1 fully saturated rings. The van der Waals surface area contributed by atoms with Gasteiger partial charge in [-0.15, -0.1) is 0 Å². The highest BCUT2D eigenvalue weighted by Crippen LogP contribution is 2.51. The van der Waals surface area contributed by atoms with Gasteiger partial charge in [0.2, 0.25) is 5.88 Å². The first-order chi connectivity index (χ1) is 21.7. The number of methoxy groups -OCH3 is 1. The molecule has 1 unspecified atom stereocenters. The quantitative estimate of drug-likeness (QED) is 0.269. The highest BCUT2D eigenvalue weighted by Gasteiger charge is 2.58. The van der Waals surface area contributed by atoms with Crippen molar-refractivity contribution in [3.8, 4) is 11.6 Å². The molecule has 0 aliphatic carbocycles. The Morgan fingerprint density at radius 1 is 0.956 bits per heavy atom. The van der Waals surface area contributed by atoms with Gasteiger partial charge in [0.15, 0.2) is 5.54 Å². The minimum Gasteiger partial charge on any atom is -0.497 e. The molecule has 1 aromatic heterocycles. The van der Waals surface area contributed by atoms with E-state index in [9.17, 15) is 13.2 Å². The number of nitrogens with zero attached hydrogens (tertiary/aromatic N) is 4. The number of hydrogen-bond donors (Lipinski definition) is 1. The predicted octanol–water partition coefficient (Wildman–Crippen LogP) is 4.99. The minimum atomic E-state index is -4.39. The zero-order chi connectivity index (χ0) is 31.8. The number of ether oxygens (including phenoxy) is 2. The van der Waals surface area contributed by atoms with Crippen LogP contribution >= 0.6 is 11.6 Å². The molecule has 1 saturated heterocycles. The number of fused-ring (bicyclic) bond motifs is 1. The van der Waals surface area contributed by atoms with E-state index in [0.717, 1.165) is 36.2 Å². The number of carbonyl (C=O) groups excluding carboxylic acids is 1. The van der Waals surface area contributed by atoms with Gasteiger partial charge in [-0.05, 0) is 92.8 Å². The smallest absolute Gasteiger partial charge is 0.276 e. The molecule has 1 amide bonds. The molecule has 3 heterocycles. The van der Waals surface area contributed by atoms with Crippen LogP contribution in [0.4, 0.5) is 17.1 Å². The number of amides is 1. The van der Waals surface area contributed by atoms with Crippen molar-refractivity contribution in [2.24, 2.45) is 0 Å². The molecule has 2 aliphatic rings. The number of pyridine rings is 1. The Morgan fingerprint density at radius 3 is 2.33 bits per heavy atom. The van der Waals surface area contributed by atoms with E-state index in [2.05, 4.69) is 27.1 Å². The van der Waals surface area contributed by atoms with Gasteiger partial charge in [-0.2, -0.15) is 4.31 Å². The van der Waals surface area contributed by atoms with E-state index in [-0.39, 0.29) is 23.1 Å². The fourth-order valence-corrected chi connectivity index (χ4v) is 7.50. The first-order valence-corrected chi connectivity index (χ1v) is 16.4. The molecular formula is C33H34ClN5O5S. The predicted molar refractivity (Wildman–Crippen MR) is 175 cm³/mol. The monoisotopic (exact) mass is 647 g/mol. The van der Waals surface area contributed by atoms with E-state index in [1.54, 1.807) is 36.5 Å². The number of sulfonamides is 1. The molecule has 234 valence electrons. The molecular weight excluding hydrogens is 614 g/mol. The largest absolute Gasteiger partial charge is 0.497 e. The second kappa shape index (κ2) is 12.2. The Hall–Kier alpha value is -4.32. The summed E-state index contributed by atoms with van der Waals surface area (Å²) < 4.78 is 40.5. The van der Waals surface area contributed by atoms with Gasteiger partial charge < -0.3 is 24.6 Å². The van der Waals surface area contributed by atoms with Crippen LogP contribution in [-0.4, -0.2) is 71.2 Å². The van der Waals surface area contributed by atoms with Crippen LogP contribution in [0.5, 0.6) is 11.6 Å². The van der Waals surface area contributed by atoms with Gasteiger partial charge in [-0.1, -0.05) is 11.6 Å². The molecule has 10 nitrogen and oxygen atoms in total. The summed E-state index contributed by atoms with van der Waals surface area (Å²) in [5.41, 5.74) is 0.790. The lowest BCUT2D eigenvalue weighted by Crippen LogP contribution is -2.49. The number of hydrogen-bond acceptors (Lipinski definition) is 9. The van der Waals surface area contributed by atoms with Crippen LogP contribution < -0.4 is 24.0 Å². The summed E-state index contributed by atoms with van der Waals surface area (Å²) in [6, 6.07) is 21.8. The molecule has 0 bridgehead atoms. The molecule has 45 heavy (non-hydrogen) atoms. The standard InChI is InChI=1S/C33H34ClN5O5S/c1-4-44-31-28(6-5-17-35-31)33(36-24-8-10-25(11-9-24)38-20-18-37(2)19-21-38)29-22-23(34)7-16-30(29)39(32(33)40)45(41,42)27-14-12-26(43-3)13-15-27/h5-17,22,36H,4,18-21H2,1-3H3. The zero-order valence-electron chi connectivity index (χ0n) is 25.2. The van der Waals surface area contributed by atoms with Gasteiger partial charge in [0.05, 0.1) is 29.9 Å². The number of anilines is 3. The third kappa shape index (κ3) is 5.45. The lowest BCUT2D eigenvalue weighted by Gasteiger charge is -2.34. The average Bonchev–Trinajstić information content (AvgIpc) is 3.30. The molecule has 6 rings (SSSR count).